The summed E-state index contributed by atoms with van der Waals surface area (Å²) < 4.78 is 260. The molecule has 39 heavy (non-hydrogen) atoms. The Morgan fingerprint density at radius 3 is 1.08 bits per heavy atom. The van der Waals surface area contributed by atoms with E-state index in [-0.39, 0.29) is 6.07 Å². The summed E-state index contributed by atoms with van der Waals surface area (Å²) in [6.07, 6.45) is -15.2. The van der Waals surface area contributed by atoms with Crippen LogP contribution in [0.1, 0.15) is 0 Å². The second kappa shape index (κ2) is 9.06. The minimum atomic E-state index is -9.02. The smallest absolute Gasteiger partial charge is 0.471 e. The highest BCUT2D eigenvalue weighted by atomic mass is 19.4. The summed E-state index contributed by atoms with van der Waals surface area (Å²) in [5.74, 6) is -63.3. The molecule has 23 heteroatoms. The zero-order chi connectivity index (χ0) is 31.6. The first-order valence-corrected chi connectivity index (χ1v) is 8.84. The lowest BCUT2D eigenvalue weighted by atomic mass is 9.88. The van der Waals surface area contributed by atoms with Gasteiger partial charge in [0.1, 0.15) is 5.75 Å². The van der Waals surface area contributed by atoms with Crippen LogP contribution in [0.15, 0.2) is 12.1 Å². The van der Waals surface area contributed by atoms with Crippen LogP contribution < -0.4 is 20.9 Å². The zero-order valence-corrected chi connectivity index (χ0v) is 17.8. The SMILES string of the molecule is COc1cc(N)c(OC(F)(F)C(F)(F)C(F)(F)C(F)(F)C(F)(F)C(F)(F)C(F)(F)C(F)(F)C(F)(F)F)cc1N. The predicted molar refractivity (Wildman–Crippen MR) is 88.1 cm³/mol. The van der Waals surface area contributed by atoms with E-state index >= 15 is 0 Å². The van der Waals surface area contributed by atoms with Gasteiger partial charge in [0, 0.05) is 12.1 Å². The molecule has 0 amide bonds. The van der Waals surface area contributed by atoms with E-state index in [0.29, 0.717) is 6.07 Å². The topological polar surface area (TPSA) is 70.5 Å². The molecule has 0 aliphatic heterocycles. The van der Waals surface area contributed by atoms with Gasteiger partial charge >= 0.3 is 53.7 Å². The molecule has 0 heterocycles. The summed E-state index contributed by atoms with van der Waals surface area (Å²) in [6, 6.07) is 0.347. The number of ether oxygens (including phenoxy) is 2. The Hall–Kier alpha value is -2.91. The van der Waals surface area contributed by atoms with Crippen LogP contribution >= 0.6 is 0 Å². The zero-order valence-electron chi connectivity index (χ0n) is 17.8. The number of benzene rings is 1. The Balaban J connectivity index is 3.71. The Kier molecular flexibility index (Phi) is 7.93. The van der Waals surface area contributed by atoms with Crippen molar-refractivity contribution in [1.29, 1.82) is 0 Å². The van der Waals surface area contributed by atoms with Gasteiger partial charge in [-0.05, 0) is 0 Å². The Morgan fingerprint density at radius 2 is 0.744 bits per heavy atom. The first-order chi connectivity index (χ1) is 16.8. The third-order valence-corrected chi connectivity index (χ3v) is 4.69. The number of hydrogen-bond donors (Lipinski definition) is 2. The van der Waals surface area contributed by atoms with Gasteiger partial charge in [0.2, 0.25) is 0 Å². The Bertz CT molecular complexity index is 1070. The average Bonchev–Trinajstić information content (AvgIpc) is 2.73. The summed E-state index contributed by atoms with van der Waals surface area (Å²) in [4.78, 5) is 0. The first-order valence-electron chi connectivity index (χ1n) is 8.84. The molecule has 0 radical (unpaired) electrons. The maximum Gasteiger partial charge on any atom is 0.471 e. The normalized spacial score (nSPS) is 15.4. The first kappa shape index (κ1) is 34.1. The molecule has 0 aliphatic carbocycles. The van der Waals surface area contributed by atoms with Crippen molar-refractivity contribution >= 4 is 11.4 Å². The van der Waals surface area contributed by atoms with Crippen molar-refractivity contribution in [3.8, 4) is 11.5 Å². The van der Waals surface area contributed by atoms with Crippen molar-refractivity contribution < 1.29 is 92.9 Å². The molecule has 0 unspecified atom stereocenters. The highest BCUT2D eigenvalue weighted by Gasteiger charge is 2.97. The van der Waals surface area contributed by atoms with Crippen molar-refractivity contribution in [2.45, 2.75) is 53.7 Å². The maximum absolute atomic E-state index is 13.9. The highest BCUT2D eigenvalue weighted by molar-refractivity contribution is 5.67. The van der Waals surface area contributed by atoms with Gasteiger partial charge in [-0.1, -0.05) is 0 Å². The molecule has 0 aromatic heterocycles. The van der Waals surface area contributed by atoms with E-state index in [4.69, 9.17) is 11.5 Å². The van der Waals surface area contributed by atoms with E-state index in [1.54, 1.807) is 0 Å². The molecular formula is C16H9F19N2O2. The van der Waals surface area contributed by atoms with Crippen LogP contribution in [0.5, 0.6) is 11.5 Å². The molecule has 1 rings (SSSR count). The van der Waals surface area contributed by atoms with E-state index in [1.807, 2.05) is 0 Å². The summed E-state index contributed by atoms with van der Waals surface area (Å²) in [5.41, 5.74) is 8.02. The van der Waals surface area contributed by atoms with Crippen molar-refractivity contribution in [2.24, 2.45) is 0 Å². The number of methoxy groups -OCH3 is 1. The molecule has 0 saturated heterocycles. The molecule has 0 aliphatic rings. The van der Waals surface area contributed by atoms with E-state index in [1.165, 1.54) is 0 Å². The Labute approximate surface area is 201 Å². The lowest BCUT2D eigenvalue weighted by molar-refractivity contribution is -0.476. The quantitative estimate of drug-likeness (QED) is 0.222. The number of hydrogen-bond acceptors (Lipinski definition) is 4. The molecule has 228 valence electrons. The van der Waals surface area contributed by atoms with E-state index in [2.05, 4.69) is 9.47 Å². The number of halogens is 19. The van der Waals surface area contributed by atoms with Crippen LogP contribution in [0.25, 0.3) is 0 Å². The molecule has 1 aromatic rings. The molecule has 4 N–H and O–H groups in total. The molecule has 1 aromatic carbocycles. The molecule has 0 bridgehead atoms. The molecule has 4 nitrogen and oxygen atoms in total. The minimum Gasteiger partial charge on any atom is -0.495 e. The molecule has 0 saturated carbocycles. The van der Waals surface area contributed by atoms with Gasteiger partial charge in [0.25, 0.3) is 0 Å². The van der Waals surface area contributed by atoms with E-state index in [0.717, 1.165) is 7.11 Å². The third-order valence-electron chi connectivity index (χ3n) is 4.69. The molecule has 0 spiro atoms. The fourth-order valence-corrected chi connectivity index (χ4v) is 2.41. The van der Waals surface area contributed by atoms with Crippen LogP contribution in [-0.4, -0.2) is 60.9 Å². The van der Waals surface area contributed by atoms with Gasteiger partial charge in [0.15, 0.2) is 5.75 Å². The monoisotopic (exact) mass is 622 g/mol. The van der Waals surface area contributed by atoms with Gasteiger partial charge < -0.3 is 20.9 Å². The number of nitrogen functional groups attached to an aromatic ring is 2. The highest BCUT2D eigenvalue weighted by Crippen LogP contribution is 2.65. The van der Waals surface area contributed by atoms with Crippen LogP contribution in [0, 0.1) is 0 Å². The van der Waals surface area contributed by atoms with E-state index in [9.17, 15) is 83.4 Å². The molecule has 0 fully saturated rings. The van der Waals surface area contributed by atoms with Crippen molar-refractivity contribution in [3.63, 3.8) is 0 Å². The van der Waals surface area contributed by atoms with Gasteiger partial charge in [-0.2, -0.15) is 83.4 Å². The van der Waals surface area contributed by atoms with Crippen LogP contribution in [0.3, 0.4) is 0 Å². The van der Waals surface area contributed by atoms with E-state index < -0.39 is 76.6 Å². The second-order valence-corrected chi connectivity index (χ2v) is 7.27. The van der Waals surface area contributed by atoms with Crippen LogP contribution in [0.2, 0.25) is 0 Å². The van der Waals surface area contributed by atoms with Gasteiger partial charge in [0.05, 0.1) is 18.5 Å². The molecule has 0 atom stereocenters. The standard InChI is InChI=1S/C16H9F19N2O2/c1-38-6-2-5(37)7(3-4(6)36)39-16(34,35)14(29,30)12(25,26)10(21,22)8(17,18)9(19,20)11(23,24)13(27,28)15(31,32)33/h2-3H,36-37H2,1H3. The number of alkyl halides is 19. The second-order valence-electron chi connectivity index (χ2n) is 7.27. The predicted octanol–water partition coefficient (Wildman–Crippen LogP) is 6.84. The van der Waals surface area contributed by atoms with Gasteiger partial charge in [-0.25, -0.2) is 0 Å². The maximum atomic E-state index is 13.9. The number of rotatable bonds is 10. The fraction of sp³-hybridized carbons (Fsp3) is 0.625. The fourth-order valence-electron chi connectivity index (χ4n) is 2.41. The van der Waals surface area contributed by atoms with Crippen molar-refractivity contribution in [3.05, 3.63) is 12.1 Å². The van der Waals surface area contributed by atoms with Crippen molar-refractivity contribution in [2.75, 3.05) is 18.6 Å². The lowest BCUT2D eigenvalue weighted by Gasteiger charge is -2.43. The van der Waals surface area contributed by atoms with Crippen LogP contribution in [0.4, 0.5) is 94.8 Å². The van der Waals surface area contributed by atoms with Crippen LogP contribution in [-0.2, 0) is 0 Å². The number of anilines is 2. The summed E-state index contributed by atoms with van der Waals surface area (Å²) in [7, 11) is 0.848. The number of nitrogens with two attached hydrogens (primary N) is 2. The summed E-state index contributed by atoms with van der Waals surface area (Å²) in [6.45, 7) is 0. The largest absolute Gasteiger partial charge is 0.495 e. The third kappa shape index (κ3) is 4.53. The Morgan fingerprint density at radius 1 is 0.462 bits per heavy atom. The average molecular weight is 622 g/mol. The minimum absolute atomic E-state index is 0.0169. The van der Waals surface area contributed by atoms with Crippen molar-refractivity contribution in [1.82, 2.24) is 0 Å². The lowest BCUT2D eigenvalue weighted by Crippen LogP contribution is -2.76. The summed E-state index contributed by atoms with van der Waals surface area (Å²) in [5, 5.41) is 0. The summed E-state index contributed by atoms with van der Waals surface area (Å²) >= 11 is 0. The van der Waals surface area contributed by atoms with Gasteiger partial charge in [-0.3, -0.25) is 0 Å². The van der Waals surface area contributed by atoms with Gasteiger partial charge in [-0.15, -0.1) is 0 Å². The molecular weight excluding hydrogens is 613 g/mol.